The Morgan fingerprint density at radius 3 is 2.05 bits per heavy atom. The van der Waals surface area contributed by atoms with E-state index in [-0.39, 0.29) is 10.9 Å². The fourth-order valence-electron chi connectivity index (χ4n) is 5.30. The molecule has 1 aliphatic heterocycles. The molecule has 0 aliphatic carbocycles. The molecule has 1 aromatic heterocycles. The molecule has 1 unspecified atom stereocenters. The molecule has 218 valence electrons. The van der Waals surface area contributed by atoms with Crippen LogP contribution in [0.2, 0.25) is 0 Å². The molecule has 0 radical (unpaired) electrons. The number of methoxy groups -OCH3 is 2. The van der Waals surface area contributed by atoms with E-state index in [4.69, 9.17) is 18.9 Å². The maximum atomic E-state index is 12.6. The Labute approximate surface area is 251 Å². The minimum atomic E-state index is -1.18. The number of aliphatic hydroxyl groups is 1. The first-order valence-electron chi connectivity index (χ1n) is 13.3. The SMILES string of the molecule is C=CC(OC(c1ccccc1)(c1ccc(OC)cc1)c1ccc(OC)cc1)[C@H]1O[C@@H](n2cc(Br)c(=O)[nH]c2=O)C[C@@H]1O. The van der Waals surface area contributed by atoms with Crippen LogP contribution in [0.3, 0.4) is 0 Å². The highest BCUT2D eigenvalue weighted by Crippen LogP contribution is 2.44. The molecule has 10 heteroatoms. The molecule has 1 fully saturated rings. The predicted molar refractivity (Wildman–Crippen MR) is 161 cm³/mol. The van der Waals surface area contributed by atoms with E-state index in [1.807, 2.05) is 78.9 Å². The molecule has 0 bridgehead atoms. The van der Waals surface area contributed by atoms with Gasteiger partial charge in [0.25, 0.3) is 5.56 Å². The summed E-state index contributed by atoms with van der Waals surface area (Å²) in [5.74, 6) is 1.37. The first-order chi connectivity index (χ1) is 20.3. The monoisotopic (exact) mass is 634 g/mol. The summed E-state index contributed by atoms with van der Waals surface area (Å²) in [5, 5.41) is 11.2. The third kappa shape index (κ3) is 5.58. The fraction of sp³-hybridized carbons (Fsp3) is 0.250. The van der Waals surface area contributed by atoms with E-state index in [0.717, 1.165) is 16.7 Å². The van der Waals surface area contributed by atoms with Crippen LogP contribution in [0.15, 0.2) is 112 Å². The number of nitrogens with zero attached hydrogens (tertiary/aromatic N) is 1. The summed E-state index contributed by atoms with van der Waals surface area (Å²) in [5.41, 5.74) is 0.0553. The summed E-state index contributed by atoms with van der Waals surface area (Å²) in [4.78, 5) is 26.7. The molecular formula is C32H31BrN2O7. The molecule has 1 saturated heterocycles. The number of halogens is 1. The predicted octanol–water partition coefficient (Wildman–Crippen LogP) is 4.53. The van der Waals surface area contributed by atoms with Gasteiger partial charge in [0.1, 0.15) is 35.5 Å². The molecule has 0 amide bonds. The maximum absolute atomic E-state index is 12.6. The van der Waals surface area contributed by atoms with E-state index in [1.54, 1.807) is 20.3 Å². The summed E-state index contributed by atoms with van der Waals surface area (Å²) in [6, 6.07) is 24.9. The Morgan fingerprint density at radius 1 is 0.976 bits per heavy atom. The van der Waals surface area contributed by atoms with Gasteiger partial charge in [-0.25, -0.2) is 4.79 Å². The van der Waals surface area contributed by atoms with Crippen molar-refractivity contribution in [2.75, 3.05) is 14.2 Å². The van der Waals surface area contributed by atoms with Crippen molar-refractivity contribution >= 4 is 15.9 Å². The van der Waals surface area contributed by atoms with Gasteiger partial charge in [-0.3, -0.25) is 14.3 Å². The minimum absolute atomic E-state index is 0.0974. The number of aromatic nitrogens is 2. The maximum Gasteiger partial charge on any atom is 0.330 e. The lowest BCUT2D eigenvalue weighted by Crippen LogP contribution is -2.43. The zero-order valence-electron chi connectivity index (χ0n) is 23.1. The Balaban J connectivity index is 1.62. The van der Waals surface area contributed by atoms with Crippen molar-refractivity contribution in [1.29, 1.82) is 0 Å². The van der Waals surface area contributed by atoms with Crippen LogP contribution in [0, 0.1) is 0 Å². The van der Waals surface area contributed by atoms with Crippen LogP contribution >= 0.6 is 15.9 Å². The van der Waals surface area contributed by atoms with Gasteiger partial charge < -0.3 is 24.1 Å². The van der Waals surface area contributed by atoms with Crippen LogP contribution in [0.25, 0.3) is 0 Å². The summed E-state index contributed by atoms with van der Waals surface area (Å²) in [7, 11) is 3.21. The molecule has 5 rings (SSSR count). The van der Waals surface area contributed by atoms with Crippen molar-refractivity contribution in [3.05, 3.63) is 140 Å². The standard InChI is InChI=1S/C32H31BrN2O7/c1-4-27(29-26(36)18-28(41-29)35-19-25(33)30(37)34-31(35)38)42-32(20-8-6-5-7-9-20,21-10-14-23(39-2)15-11-21)22-12-16-24(40-3)17-13-22/h4-17,19,26-29,36H,1,18H2,2-3H3,(H,34,37,38)/t26-,27?,28+,29-/m0/s1. The van der Waals surface area contributed by atoms with Crippen molar-refractivity contribution in [3.8, 4) is 11.5 Å². The second-order valence-corrected chi connectivity index (χ2v) is 10.7. The second-order valence-electron chi connectivity index (χ2n) is 9.82. The van der Waals surface area contributed by atoms with Gasteiger partial charge in [-0.2, -0.15) is 0 Å². The van der Waals surface area contributed by atoms with Crippen LogP contribution in [-0.2, 0) is 15.1 Å². The number of H-pyrrole nitrogens is 1. The van der Waals surface area contributed by atoms with Crippen molar-refractivity contribution in [2.24, 2.45) is 0 Å². The number of benzene rings is 3. The average Bonchev–Trinajstić information content (AvgIpc) is 3.41. The van der Waals surface area contributed by atoms with Gasteiger partial charge in [-0.15, -0.1) is 6.58 Å². The first kappa shape index (κ1) is 29.5. The van der Waals surface area contributed by atoms with E-state index in [9.17, 15) is 14.7 Å². The number of hydrogen-bond donors (Lipinski definition) is 2. The number of aliphatic hydroxyl groups excluding tert-OH is 1. The third-order valence-electron chi connectivity index (χ3n) is 7.41. The summed E-state index contributed by atoms with van der Waals surface area (Å²) < 4.78 is 25.6. The van der Waals surface area contributed by atoms with Crippen LogP contribution in [0.5, 0.6) is 11.5 Å². The smallest absolute Gasteiger partial charge is 0.330 e. The molecule has 3 aromatic carbocycles. The Hall–Kier alpha value is -3.96. The van der Waals surface area contributed by atoms with Crippen LogP contribution in [0.1, 0.15) is 29.3 Å². The van der Waals surface area contributed by atoms with Crippen molar-refractivity contribution in [1.82, 2.24) is 9.55 Å². The molecule has 2 heterocycles. The van der Waals surface area contributed by atoms with Gasteiger partial charge in [0.05, 0.1) is 24.8 Å². The average molecular weight is 636 g/mol. The van der Waals surface area contributed by atoms with Gasteiger partial charge in [-0.1, -0.05) is 60.7 Å². The molecular weight excluding hydrogens is 604 g/mol. The molecule has 0 saturated carbocycles. The fourth-order valence-corrected chi connectivity index (χ4v) is 5.62. The minimum Gasteiger partial charge on any atom is -0.497 e. The highest BCUT2D eigenvalue weighted by Gasteiger charge is 2.46. The Morgan fingerprint density at radius 2 is 1.52 bits per heavy atom. The molecule has 0 spiro atoms. The lowest BCUT2D eigenvalue weighted by atomic mass is 9.79. The van der Waals surface area contributed by atoms with E-state index < -0.39 is 41.4 Å². The van der Waals surface area contributed by atoms with Crippen molar-refractivity contribution in [2.45, 2.75) is 36.6 Å². The second kappa shape index (κ2) is 12.5. The summed E-state index contributed by atoms with van der Waals surface area (Å²) in [6.45, 7) is 4.02. The lowest BCUT2D eigenvalue weighted by molar-refractivity contribution is -0.126. The zero-order chi connectivity index (χ0) is 29.9. The van der Waals surface area contributed by atoms with Crippen molar-refractivity contribution < 1.29 is 24.1 Å². The number of hydrogen-bond acceptors (Lipinski definition) is 7. The molecule has 1 aliphatic rings. The van der Waals surface area contributed by atoms with Crippen LogP contribution < -0.4 is 20.7 Å². The van der Waals surface area contributed by atoms with Crippen molar-refractivity contribution in [3.63, 3.8) is 0 Å². The summed E-state index contributed by atoms with van der Waals surface area (Å²) in [6.07, 6.45) is -0.526. The van der Waals surface area contributed by atoms with E-state index >= 15 is 0 Å². The molecule has 4 aromatic rings. The molecule has 4 atom stereocenters. The molecule has 9 nitrogen and oxygen atoms in total. The van der Waals surface area contributed by atoms with E-state index in [0.29, 0.717) is 11.5 Å². The third-order valence-corrected chi connectivity index (χ3v) is 7.98. The topological polar surface area (TPSA) is 112 Å². The van der Waals surface area contributed by atoms with E-state index in [2.05, 4.69) is 27.5 Å². The zero-order valence-corrected chi connectivity index (χ0v) is 24.7. The largest absolute Gasteiger partial charge is 0.497 e. The first-order valence-corrected chi connectivity index (χ1v) is 14.1. The molecule has 2 N–H and O–H groups in total. The van der Waals surface area contributed by atoms with E-state index in [1.165, 1.54) is 10.8 Å². The number of rotatable bonds is 10. The van der Waals surface area contributed by atoms with Gasteiger partial charge in [0.15, 0.2) is 0 Å². The number of ether oxygens (including phenoxy) is 4. The number of aromatic amines is 1. The Kier molecular flexibility index (Phi) is 8.79. The highest BCUT2D eigenvalue weighted by molar-refractivity contribution is 9.10. The van der Waals surface area contributed by atoms with Crippen LogP contribution in [0.4, 0.5) is 0 Å². The lowest BCUT2D eigenvalue weighted by Gasteiger charge is -2.40. The van der Waals surface area contributed by atoms with Crippen LogP contribution in [-0.4, -0.2) is 47.2 Å². The normalized spacial score (nSPS) is 19.3. The van der Waals surface area contributed by atoms with Gasteiger partial charge >= 0.3 is 5.69 Å². The van der Waals surface area contributed by atoms with Gasteiger partial charge in [0, 0.05) is 12.6 Å². The Bertz CT molecular complexity index is 1590. The number of nitrogens with one attached hydrogen (secondary N) is 1. The highest BCUT2D eigenvalue weighted by atomic mass is 79.9. The van der Waals surface area contributed by atoms with Gasteiger partial charge in [0.2, 0.25) is 0 Å². The summed E-state index contributed by atoms with van der Waals surface area (Å²) >= 11 is 3.16. The van der Waals surface area contributed by atoms with Gasteiger partial charge in [-0.05, 0) is 56.9 Å². The molecule has 42 heavy (non-hydrogen) atoms. The quantitative estimate of drug-likeness (QED) is 0.195.